The fraction of sp³-hybridized carbons (Fsp3) is 0.0400. The van der Waals surface area contributed by atoms with Gasteiger partial charge in [-0.2, -0.15) is 0 Å². The zero-order chi connectivity index (χ0) is 21.6. The van der Waals surface area contributed by atoms with Crippen LogP contribution in [0.25, 0.3) is 17.4 Å². The average molecular weight is 449 g/mol. The lowest BCUT2D eigenvalue weighted by molar-refractivity contribution is -0.111. The summed E-state index contributed by atoms with van der Waals surface area (Å²) in [6.07, 6.45) is 7.40. The van der Waals surface area contributed by atoms with Crippen molar-refractivity contribution < 1.29 is 9.21 Å². The van der Waals surface area contributed by atoms with Crippen LogP contribution in [0.3, 0.4) is 0 Å². The molecule has 31 heavy (non-hydrogen) atoms. The van der Waals surface area contributed by atoms with Crippen molar-refractivity contribution in [1.29, 1.82) is 0 Å². The first-order valence-electron chi connectivity index (χ1n) is 9.59. The standard InChI is InChI=1S/C25H18Cl2N2O2/c26-22-3-1-2-21(25(22)27)23-10-8-20(31-23)9-11-24(30)29-19-6-4-17(5-7-19)16-18-12-14-28-15-13-18/h1-15H,16H2,(H,29,30). The lowest BCUT2D eigenvalue weighted by Crippen LogP contribution is -2.07. The molecule has 2 aromatic carbocycles. The van der Waals surface area contributed by atoms with Gasteiger partial charge in [0.2, 0.25) is 5.91 Å². The average Bonchev–Trinajstić information content (AvgIpc) is 3.25. The Hall–Kier alpha value is -3.34. The number of hydrogen-bond donors (Lipinski definition) is 1. The van der Waals surface area contributed by atoms with Crippen LogP contribution in [0, 0.1) is 0 Å². The van der Waals surface area contributed by atoms with E-state index >= 15 is 0 Å². The predicted molar refractivity (Wildman–Crippen MR) is 125 cm³/mol. The van der Waals surface area contributed by atoms with Crippen LogP contribution in [0.1, 0.15) is 16.9 Å². The highest BCUT2D eigenvalue weighted by molar-refractivity contribution is 6.43. The zero-order valence-electron chi connectivity index (χ0n) is 16.4. The fourth-order valence-electron chi connectivity index (χ4n) is 3.07. The number of pyridine rings is 1. The van der Waals surface area contributed by atoms with Gasteiger partial charge in [0.05, 0.1) is 10.0 Å². The lowest BCUT2D eigenvalue weighted by Gasteiger charge is -2.05. The highest BCUT2D eigenvalue weighted by atomic mass is 35.5. The van der Waals surface area contributed by atoms with E-state index in [0.29, 0.717) is 27.1 Å². The molecule has 154 valence electrons. The number of amides is 1. The van der Waals surface area contributed by atoms with Crippen LogP contribution in [-0.2, 0) is 11.2 Å². The van der Waals surface area contributed by atoms with Crippen molar-refractivity contribution >= 4 is 40.9 Å². The summed E-state index contributed by atoms with van der Waals surface area (Å²) in [5.41, 5.74) is 3.76. The Labute approximate surface area is 190 Å². The number of anilines is 1. The minimum absolute atomic E-state index is 0.249. The molecule has 0 saturated carbocycles. The van der Waals surface area contributed by atoms with E-state index in [1.165, 1.54) is 11.6 Å². The van der Waals surface area contributed by atoms with E-state index in [2.05, 4.69) is 10.3 Å². The van der Waals surface area contributed by atoms with Gasteiger partial charge in [0.15, 0.2) is 0 Å². The highest BCUT2D eigenvalue weighted by Gasteiger charge is 2.10. The zero-order valence-corrected chi connectivity index (χ0v) is 17.9. The van der Waals surface area contributed by atoms with Crippen LogP contribution in [0.15, 0.2) is 89.6 Å². The molecule has 1 amide bonds. The molecule has 0 unspecified atom stereocenters. The maximum atomic E-state index is 12.3. The first kappa shape index (κ1) is 20.9. The minimum Gasteiger partial charge on any atom is -0.457 e. The van der Waals surface area contributed by atoms with Crippen LogP contribution in [0.5, 0.6) is 0 Å². The van der Waals surface area contributed by atoms with Crippen LogP contribution < -0.4 is 5.32 Å². The third kappa shape index (κ3) is 5.43. The second-order valence-electron chi connectivity index (χ2n) is 6.86. The molecule has 0 radical (unpaired) electrons. The molecule has 0 bridgehead atoms. The normalized spacial score (nSPS) is 11.0. The summed E-state index contributed by atoms with van der Waals surface area (Å²) in [6.45, 7) is 0. The third-order valence-corrected chi connectivity index (χ3v) is 5.44. The number of furan rings is 1. The smallest absolute Gasteiger partial charge is 0.248 e. The number of carbonyl (C=O) groups is 1. The van der Waals surface area contributed by atoms with Crippen molar-refractivity contribution in [2.75, 3.05) is 5.32 Å². The van der Waals surface area contributed by atoms with Gasteiger partial charge >= 0.3 is 0 Å². The molecule has 4 nitrogen and oxygen atoms in total. The van der Waals surface area contributed by atoms with Crippen LogP contribution >= 0.6 is 23.2 Å². The quantitative estimate of drug-likeness (QED) is 0.326. The number of nitrogens with zero attached hydrogens (tertiary/aromatic N) is 1. The maximum Gasteiger partial charge on any atom is 0.248 e. The van der Waals surface area contributed by atoms with E-state index in [0.717, 1.165) is 17.7 Å². The molecule has 0 atom stereocenters. The summed E-state index contributed by atoms with van der Waals surface area (Å²) in [7, 11) is 0. The van der Waals surface area contributed by atoms with Gasteiger partial charge in [0.25, 0.3) is 0 Å². The molecule has 1 N–H and O–H groups in total. The third-order valence-electron chi connectivity index (χ3n) is 4.62. The minimum atomic E-state index is -0.249. The monoisotopic (exact) mass is 448 g/mol. The SMILES string of the molecule is O=C(C=Cc1ccc(-c2cccc(Cl)c2Cl)o1)Nc1ccc(Cc2ccncc2)cc1. The Kier molecular flexibility index (Phi) is 6.51. The molecule has 0 aliphatic rings. The number of benzene rings is 2. The van der Waals surface area contributed by atoms with Gasteiger partial charge in [-0.3, -0.25) is 9.78 Å². The Morgan fingerprint density at radius 2 is 1.68 bits per heavy atom. The number of aromatic nitrogens is 1. The number of halogens is 2. The molecule has 2 heterocycles. The van der Waals surface area contributed by atoms with E-state index in [1.54, 1.807) is 42.7 Å². The topological polar surface area (TPSA) is 55.1 Å². The Bertz CT molecular complexity index is 1220. The summed E-state index contributed by atoms with van der Waals surface area (Å²) >= 11 is 12.3. The van der Waals surface area contributed by atoms with Crippen molar-refractivity contribution in [2.24, 2.45) is 0 Å². The van der Waals surface area contributed by atoms with Gasteiger partial charge in [-0.05, 0) is 72.2 Å². The van der Waals surface area contributed by atoms with Crippen molar-refractivity contribution in [2.45, 2.75) is 6.42 Å². The Balaban J connectivity index is 1.37. The molecular formula is C25H18Cl2N2O2. The second kappa shape index (κ2) is 9.65. The molecule has 0 aliphatic carbocycles. The summed E-state index contributed by atoms with van der Waals surface area (Å²) < 4.78 is 5.76. The summed E-state index contributed by atoms with van der Waals surface area (Å²) in [6, 6.07) is 20.6. The van der Waals surface area contributed by atoms with Crippen LogP contribution in [0.4, 0.5) is 5.69 Å². The van der Waals surface area contributed by atoms with Gasteiger partial charge in [0.1, 0.15) is 11.5 Å². The Morgan fingerprint density at radius 1 is 0.935 bits per heavy atom. The van der Waals surface area contributed by atoms with Gasteiger partial charge in [-0.1, -0.05) is 41.4 Å². The number of hydrogen-bond acceptors (Lipinski definition) is 3. The van der Waals surface area contributed by atoms with Gasteiger partial charge in [-0.25, -0.2) is 0 Å². The lowest BCUT2D eigenvalue weighted by atomic mass is 10.1. The van der Waals surface area contributed by atoms with E-state index < -0.39 is 0 Å². The van der Waals surface area contributed by atoms with Crippen molar-refractivity contribution in [3.63, 3.8) is 0 Å². The second-order valence-corrected chi connectivity index (χ2v) is 7.64. The first-order valence-corrected chi connectivity index (χ1v) is 10.4. The molecular weight excluding hydrogens is 431 g/mol. The van der Waals surface area contributed by atoms with Crippen molar-refractivity contribution in [3.8, 4) is 11.3 Å². The summed E-state index contributed by atoms with van der Waals surface area (Å²) in [5, 5.41) is 3.73. The number of nitrogens with one attached hydrogen (secondary N) is 1. The Morgan fingerprint density at radius 3 is 2.45 bits per heavy atom. The molecule has 2 aromatic heterocycles. The largest absolute Gasteiger partial charge is 0.457 e. The fourth-order valence-corrected chi connectivity index (χ4v) is 3.46. The van der Waals surface area contributed by atoms with Crippen LogP contribution in [0.2, 0.25) is 10.0 Å². The maximum absolute atomic E-state index is 12.3. The van der Waals surface area contributed by atoms with Gasteiger partial charge < -0.3 is 9.73 Å². The number of carbonyl (C=O) groups excluding carboxylic acids is 1. The molecule has 0 fully saturated rings. The van der Waals surface area contributed by atoms with Gasteiger partial charge in [0, 0.05) is 29.7 Å². The molecule has 0 saturated heterocycles. The summed E-state index contributed by atoms with van der Waals surface area (Å²) in [5.74, 6) is 0.867. The van der Waals surface area contributed by atoms with Gasteiger partial charge in [-0.15, -0.1) is 0 Å². The molecule has 4 aromatic rings. The van der Waals surface area contributed by atoms with Crippen molar-refractivity contribution in [3.05, 3.63) is 112 Å². The molecule has 0 spiro atoms. The van der Waals surface area contributed by atoms with Crippen molar-refractivity contribution in [1.82, 2.24) is 4.98 Å². The predicted octanol–water partition coefficient (Wildman–Crippen LogP) is 6.89. The first-order chi connectivity index (χ1) is 15.1. The summed E-state index contributed by atoms with van der Waals surface area (Å²) in [4.78, 5) is 16.3. The van der Waals surface area contributed by atoms with E-state index in [-0.39, 0.29) is 5.91 Å². The van der Waals surface area contributed by atoms with E-state index in [9.17, 15) is 4.79 Å². The van der Waals surface area contributed by atoms with Crippen LogP contribution in [-0.4, -0.2) is 10.9 Å². The molecule has 6 heteroatoms. The molecule has 4 rings (SSSR count). The highest BCUT2D eigenvalue weighted by Crippen LogP contribution is 2.34. The molecule has 0 aliphatic heterocycles. The van der Waals surface area contributed by atoms with E-state index in [4.69, 9.17) is 27.6 Å². The van der Waals surface area contributed by atoms with E-state index in [1.807, 2.05) is 42.5 Å². The number of rotatable bonds is 6.